The molecule has 0 radical (unpaired) electrons. The molecule has 88 valence electrons. The van der Waals surface area contributed by atoms with Crippen LogP contribution in [0.25, 0.3) is 0 Å². The van der Waals surface area contributed by atoms with Gasteiger partial charge < -0.3 is 5.32 Å². The summed E-state index contributed by atoms with van der Waals surface area (Å²) in [5.41, 5.74) is 0. The molecule has 2 nitrogen and oxygen atoms in total. The minimum atomic E-state index is 0.790. The lowest BCUT2D eigenvalue weighted by Crippen LogP contribution is -2.46. The van der Waals surface area contributed by atoms with Gasteiger partial charge in [0.2, 0.25) is 0 Å². The summed E-state index contributed by atoms with van der Waals surface area (Å²) in [4.78, 5) is 2.74. The molecule has 0 aromatic rings. The number of thioether (sulfide) groups is 1. The van der Waals surface area contributed by atoms with Gasteiger partial charge in [-0.3, -0.25) is 4.90 Å². The predicted octanol–water partition coefficient (Wildman–Crippen LogP) is 1.95. The fourth-order valence-electron chi connectivity index (χ4n) is 2.91. The highest BCUT2D eigenvalue weighted by Crippen LogP contribution is 2.27. The third-order valence-electron chi connectivity index (χ3n) is 3.89. The molecule has 0 bridgehead atoms. The Morgan fingerprint density at radius 3 is 2.53 bits per heavy atom. The van der Waals surface area contributed by atoms with Gasteiger partial charge in [-0.15, -0.1) is 0 Å². The Morgan fingerprint density at radius 1 is 1.20 bits per heavy atom. The van der Waals surface area contributed by atoms with Crippen LogP contribution in [0.2, 0.25) is 0 Å². The van der Waals surface area contributed by atoms with Gasteiger partial charge in [0, 0.05) is 36.2 Å². The zero-order valence-corrected chi connectivity index (χ0v) is 10.9. The first-order chi connectivity index (χ1) is 7.29. The molecule has 0 aromatic carbocycles. The van der Waals surface area contributed by atoms with Crippen molar-refractivity contribution in [3.8, 4) is 0 Å². The second kappa shape index (κ2) is 5.55. The van der Waals surface area contributed by atoms with Crippen molar-refractivity contribution in [1.29, 1.82) is 0 Å². The molecule has 1 N–H and O–H groups in total. The summed E-state index contributed by atoms with van der Waals surface area (Å²) >= 11 is 2.14. The molecule has 2 fully saturated rings. The van der Waals surface area contributed by atoms with Crippen LogP contribution in [0.15, 0.2) is 0 Å². The van der Waals surface area contributed by atoms with Crippen LogP contribution in [-0.4, -0.2) is 48.1 Å². The molecule has 1 heterocycles. The van der Waals surface area contributed by atoms with Crippen LogP contribution < -0.4 is 5.32 Å². The SMILES string of the molecule is CNC1CCC(N2CCSC(C)C2)CC1. The molecule has 1 saturated heterocycles. The quantitative estimate of drug-likeness (QED) is 0.778. The number of rotatable bonds is 2. The van der Waals surface area contributed by atoms with Crippen molar-refractivity contribution in [3.05, 3.63) is 0 Å². The Bertz CT molecular complexity index is 190. The molecule has 0 spiro atoms. The summed E-state index contributed by atoms with van der Waals surface area (Å²) < 4.78 is 0. The first-order valence-corrected chi connectivity index (χ1v) is 7.37. The highest BCUT2D eigenvalue weighted by atomic mass is 32.2. The standard InChI is InChI=1S/C12H24N2S/c1-10-9-14(7-8-15-10)12-5-3-11(13-2)4-6-12/h10-13H,3-9H2,1-2H3. The molecule has 15 heavy (non-hydrogen) atoms. The van der Waals surface area contributed by atoms with Crippen LogP contribution in [0, 0.1) is 0 Å². The van der Waals surface area contributed by atoms with Gasteiger partial charge >= 0.3 is 0 Å². The van der Waals surface area contributed by atoms with Crippen molar-refractivity contribution in [2.75, 3.05) is 25.9 Å². The Kier molecular flexibility index (Phi) is 4.35. The minimum Gasteiger partial charge on any atom is -0.317 e. The molecule has 1 saturated carbocycles. The van der Waals surface area contributed by atoms with E-state index in [1.807, 2.05) is 0 Å². The summed E-state index contributed by atoms with van der Waals surface area (Å²) in [7, 11) is 2.10. The largest absolute Gasteiger partial charge is 0.317 e. The number of hydrogen-bond donors (Lipinski definition) is 1. The van der Waals surface area contributed by atoms with Crippen molar-refractivity contribution >= 4 is 11.8 Å². The van der Waals surface area contributed by atoms with E-state index in [-0.39, 0.29) is 0 Å². The van der Waals surface area contributed by atoms with E-state index >= 15 is 0 Å². The van der Waals surface area contributed by atoms with E-state index in [9.17, 15) is 0 Å². The molecule has 1 aliphatic heterocycles. The molecule has 0 amide bonds. The van der Waals surface area contributed by atoms with Crippen molar-refractivity contribution in [2.24, 2.45) is 0 Å². The van der Waals surface area contributed by atoms with Gasteiger partial charge in [0.05, 0.1) is 0 Å². The van der Waals surface area contributed by atoms with Crippen molar-refractivity contribution in [2.45, 2.75) is 49.9 Å². The Balaban J connectivity index is 1.79. The maximum atomic E-state index is 3.41. The van der Waals surface area contributed by atoms with Gasteiger partial charge in [-0.2, -0.15) is 11.8 Å². The lowest BCUT2D eigenvalue weighted by molar-refractivity contribution is 0.151. The Morgan fingerprint density at radius 2 is 1.93 bits per heavy atom. The Hall–Kier alpha value is 0.270. The number of nitrogens with one attached hydrogen (secondary N) is 1. The molecule has 1 atom stereocenters. The van der Waals surface area contributed by atoms with Crippen LogP contribution >= 0.6 is 11.8 Å². The maximum absolute atomic E-state index is 3.41. The van der Waals surface area contributed by atoms with E-state index in [0.717, 1.165) is 17.3 Å². The molecular weight excluding hydrogens is 204 g/mol. The van der Waals surface area contributed by atoms with Crippen molar-refractivity contribution < 1.29 is 0 Å². The summed E-state index contributed by atoms with van der Waals surface area (Å²) in [6, 6.07) is 1.68. The monoisotopic (exact) mass is 228 g/mol. The smallest absolute Gasteiger partial charge is 0.0147 e. The van der Waals surface area contributed by atoms with E-state index in [0.29, 0.717) is 0 Å². The molecule has 1 aliphatic carbocycles. The second-order valence-corrected chi connectivity index (χ2v) is 6.52. The lowest BCUT2D eigenvalue weighted by atomic mass is 9.90. The van der Waals surface area contributed by atoms with Gasteiger partial charge in [0.25, 0.3) is 0 Å². The molecule has 1 unspecified atom stereocenters. The number of hydrogen-bond acceptors (Lipinski definition) is 3. The van der Waals surface area contributed by atoms with Crippen LogP contribution in [0.4, 0.5) is 0 Å². The molecule has 0 aromatic heterocycles. The third-order valence-corrected chi connectivity index (χ3v) is 5.03. The summed E-state index contributed by atoms with van der Waals surface area (Å²) in [6.07, 6.45) is 5.56. The fraction of sp³-hybridized carbons (Fsp3) is 1.00. The van der Waals surface area contributed by atoms with Gasteiger partial charge in [-0.05, 0) is 32.7 Å². The predicted molar refractivity (Wildman–Crippen MR) is 68.6 cm³/mol. The van der Waals surface area contributed by atoms with E-state index in [2.05, 4.69) is 35.9 Å². The van der Waals surface area contributed by atoms with Gasteiger partial charge in [-0.1, -0.05) is 6.92 Å². The van der Waals surface area contributed by atoms with Crippen LogP contribution in [-0.2, 0) is 0 Å². The van der Waals surface area contributed by atoms with Crippen LogP contribution in [0.1, 0.15) is 32.6 Å². The molecular formula is C12H24N2S. The van der Waals surface area contributed by atoms with E-state index in [4.69, 9.17) is 0 Å². The zero-order valence-electron chi connectivity index (χ0n) is 10.0. The van der Waals surface area contributed by atoms with Crippen LogP contribution in [0.3, 0.4) is 0 Å². The number of nitrogens with zero attached hydrogens (tertiary/aromatic N) is 1. The first kappa shape index (κ1) is 11.7. The van der Waals surface area contributed by atoms with Gasteiger partial charge in [0.15, 0.2) is 0 Å². The molecule has 2 aliphatic rings. The minimum absolute atomic E-state index is 0.790. The molecule has 3 heteroatoms. The average molecular weight is 228 g/mol. The highest BCUT2D eigenvalue weighted by Gasteiger charge is 2.27. The van der Waals surface area contributed by atoms with Crippen LogP contribution in [0.5, 0.6) is 0 Å². The second-order valence-electron chi connectivity index (χ2n) is 4.97. The van der Waals surface area contributed by atoms with E-state index in [1.165, 1.54) is 44.5 Å². The fourth-order valence-corrected chi connectivity index (χ4v) is 3.95. The Labute approximate surface area is 98.2 Å². The maximum Gasteiger partial charge on any atom is 0.0147 e. The summed E-state index contributed by atoms with van der Waals surface area (Å²) in [5.74, 6) is 1.34. The zero-order chi connectivity index (χ0) is 10.7. The summed E-state index contributed by atoms with van der Waals surface area (Å²) in [5, 5.41) is 4.26. The first-order valence-electron chi connectivity index (χ1n) is 6.32. The van der Waals surface area contributed by atoms with Gasteiger partial charge in [0.1, 0.15) is 0 Å². The van der Waals surface area contributed by atoms with Crippen molar-refractivity contribution in [1.82, 2.24) is 10.2 Å². The molecule has 2 rings (SSSR count). The van der Waals surface area contributed by atoms with E-state index in [1.54, 1.807) is 0 Å². The normalized spacial score (nSPS) is 39.2. The summed E-state index contributed by atoms with van der Waals surface area (Å²) in [6.45, 7) is 5.01. The lowest BCUT2D eigenvalue weighted by Gasteiger charge is -2.40. The third kappa shape index (κ3) is 3.11. The van der Waals surface area contributed by atoms with Crippen molar-refractivity contribution in [3.63, 3.8) is 0 Å². The average Bonchev–Trinajstić information content (AvgIpc) is 2.29. The van der Waals surface area contributed by atoms with Gasteiger partial charge in [-0.25, -0.2) is 0 Å². The highest BCUT2D eigenvalue weighted by molar-refractivity contribution is 7.99. The topological polar surface area (TPSA) is 15.3 Å². The van der Waals surface area contributed by atoms with E-state index < -0.39 is 0 Å².